The molecular formula is C18H15ClN4. The highest BCUT2D eigenvalue weighted by Gasteiger charge is 2.14. The molecule has 0 unspecified atom stereocenters. The minimum atomic E-state index is 0.708. The van der Waals surface area contributed by atoms with E-state index in [1.54, 1.807) is 0 Å². The van der Waals surface area contributed by atoms with Crippen LogP contribution in [0.5, 0.6) is 0 Å². The molecule has 0 amide bonds. The first-order valence-corrected chi connectivity index (χ1v) is 7.90. The van der Waals surface area contributed by atoms with Gasteiger partial charge in [-0.15, -0.1) is 0 Å². The number of rotatable bonds is 3. The number of hydrogen-bond donors (Lipinski definition) is 2. The molecule has 0 radical (unpaired) electrons. The van der Waals surface area contributed by atoms with Crippen molar-refractivity contribution in [3.63, 3.8) is 0 Å². The molecule has 0 saturated heterocycles. The molecule has 23 heavy (non-hydrogen) atoms. The molecule has 4 nitrogen and oxygen atoms in total. The van der Waals surface area contributed by atoms with Crippen molar-refractivity contribution in [1.29, 1.82) is 0 Å². The van der Waals surface area contributed by atoms with E-state index in [2.05, 4.69) is 34.2 Å². The molecule has 4 aromatic rings. The van der Waals surface area contributed by atoms with Crippen LogP contribution in [0.3, 0.4) is 0 Å². The van der Waals surface area contributed by atoms with Crippen LogP contribution in [0, 0.1) is 0 Å². The summed E-state index contributed by atoms with van der Waals surface area (Å²) in [5.41, 5.74) is 5.05. The lowest BCUT2D eigenvalue weighted by Crippen LogP contribution is -1.84. The van der Waals surface area contributed by atoms with Crippen molar-refractivity contribution >= 4 is 22.5 Å². The smallest absolute Gasteiger partial charge is 0.106 e. The number of H-pyrrole nitrogens is 2. The van der Waals surface area contributed by atoms with Gasteiger partial charge in [0.1, 0.15) is 5.82 Å². The fraction of sp³-hybridized carbons (Fsp3) is 0.111. The van der Waals surface area contributed by atoms with Crippen LogP contribution in [0.1, 0.15) is 12.7 Å². The van der Waals surface area contributed by atoms with Crippen LogP contribution in [-0.2, 0) is 6.42 Å². The normalized spacial score (nSPS) is 11.2. The monoisotopic (exact) mass is 322 g/mol. The van der Waals surface area contributed by atoms with Gasteiger partial charge in [0.2, 0.25) is 0 Å². The van der Waals surface area contributed by atoms with Crippen LogP contribution in [0.4, 0.5) is 0 Å². The molecule has 2 N–H and O–H groups in total. The average Bonchev–Trinajstić information content (AvgIpc) is 3.20. The van der Waals surface area contributed by atoms with E-state index in [9.17, 15) is 0 Å². The highest BCUT2D eigenvalue weighted by Crippen LogP contribution is 2.32. The average molecular weight is 323 g/mol. The lowest BCUT2D eigenvalue weighted by Gasteiger charge is -2.04. The van der Waals surface area contributed by atoms with Crippen LogP contribution in [0.25, 0.3) is 33.4 Å². The molecule has 0 aliphatic heterocycles. The number of halogens is 1. The molecule has 2 heterocycles. The first-order valence-electron chi connectivity index (χ1n) is 7.53. The maximum absolute atomic E-state index is 6.15. The summed E-state index contributed by atoms with van der Waals surface area (Å²) in [4.78, 5) is 8.18. The Hall–Kier alpha value is -2.59. The molecule has 2 aromatic heterocycles. The molecular weight excluding hydrogens is 308 g/mol. The van der Waals surface area contributed by atoms with E-state index in [1.165, 1.54) is 0 Å². The van der Waals surface area contributed by atoms with Gasteiger partial charge in [0, 0.05) is 28.0 Å². The molecule has 114 valence electrons. The van der Waals surface area contributed by atoms with Crippen molar-refractivity contribution in [2.45, 2.75) is 13.3 Å². The van der Waals surface area contributed by atoms with E-state index < -0.39 is 0 Å². The Kier molecular flexibility index (Phi) is 3.39. The fourth-order valence-corrected chi connectivity index (χ4v) is 2.93. The molecule has 0 fully saturated rings. The Labute approximate surface area is 138 Å². The van der Waals surface area contributed by atoms with Gasteiger partial charge in [-0.05, 0) is 24.3 Å². The van der Waals surface area contributed by atoms with Gasteiger partial charge in [0.25, 0.3) is 0 Å². The zero-order valence-electron chi connectivity index (χ0n) is 12.6. The largest absolute Gasteiger partial charge is 0.341 e. The van der Waals surface area contributed by atoms with Gasteiger partial charge in [0.05, 0.1) is 23.1 Å². The molecule has 0 spiro atoms. The van der Waals surface area contributed by atoms with E-state index in [1.807, 2.05) is 36.5 Å². The number of imidazole rings is 1. The third-order valence-corrected chi connectivity index (χ3v) is 4.15. The standard InChI is InChI=1S/C18H15ClN4/c1-2-16-21-17(11-4-3-5-14(19)9-11)18(22-16)12-6-7-15-13(8-12)10-20-23-15/h3-10H,2H2,1H3,(H,20,23)(H,21,22). The van der Waals surface area contributed by atoms with E-state index in [0.29, 0.717) is 5.02 Å². The van der Waals surface area contributed by atoms with Gasteiger partial charge < -0.3 is 4.98 Å². The second-order valence-electron chi connectivity index (χ2n) is 5.44. The van der Waals surface area contributed by atoms with Crippen LogP contribution in [0.15, 0.2) is 48.7 Å². The van der Waals surface area contributed by atoms with Gasteiger partial charge in [-0.1, -0.05) is 36.7 Å². The van der Waals surface area contributed by atoms with Crippen molar-refractivity contribution < 1.29 is 0 Å². The van der Waals surface area contributed by atoms with E-state index in [-0.39, 0.29) is 0 Å². The fourth-order valence-electron chi connectivity index (χ4n) is 2.74. The maximum Gasteiger partial charge on any atom is 0.106 e. The summed E-state index contributed by atoms with van der Waals surface area (Å²) in [5, 5.41) is 8.84. The molecule has 0 aliphatic rings. The molecule has 0 aliphatic carbocycles. The Morgan fingerprint density at radius 3 is 2.83 bits per heavy atom. The lowest BCUT2D eigenvalue weighted by atomic mass is 10.0. The summed E-state index contributed by atoms with van der Waals surface area (Å²) < 4.78 is 0. The Bertz CT molecular complexity index is 984. The highest BCUT2D eigenvalue weighted by atomic mass is 35.5. The van der Waals surface area contributed by atoms with E-state index in [0.717, 1.165) is 45.7 Å². The zero-order chi connectivity index (χ0) is 15.8. The van der Waals surface area contributed by atoms with Crippen LogP contribution in [-0.4, -0.2) is 20.2 Å². The topological polar surface area (TPSA) is 57.4 Å². The predicted octanol–water partition coefficient (Wildman–Crippen LogP) is 4.84. The molecule has 0 saturated carbocycles. The minimum Gasteiger partial charge on any atom is -0.341 e. The number of benzene rings is 2. The van der Waals surface area contributed by atoms with Crippen LogP contribution < -0.4 is 0 Å². The van der Waals surface area contributed by atoms with Gasteiger partial charge in [-0.25, -0.2) is 4.98 Å². The van der Waals surface area contributed by atoms with Gasteiger partial charge in [-0.2, -0.15) is 5.10 Å². The number of aryl methyl sites for hydroxylation is 1. The van der Waals surface area contributed by atoms with E-state index >= 15 is 0 Å². The summed E-state index contributed by atoms with van der Waals surface area (Å²) in [6.07, 6.45) is 2.68. The van der Waals surface area contributed by atoms with Crippen LogP contribution in [0.2, 0.25) is 5.02 Å². The summed E-state index contributed by atoms with van der Waals surface area (Å²) in [7, 11) is 0. The lowest BCUT2D eigenvalue weighted by molar-refractivity contribution is 0.992. The third kappa shape index (κ3) is 2.51. The number of aromatic nitrogens is 4. The number of nitrogens with zero attached hydrogens (tertiary/aromatic N) is 2. The first-order chi connectivity index (χ1) is 11.2. The number of aromatic amines is 2. The molecule has 5 heteroatoms. The quantitative estimate of drug-likeness (QED) is 0.567. The zero-order valence-corrected chi connectivity index (χ0v) is 13.4. The SMILES string of the molecule is CCc1nc(-c2cccc(Cl)c2)c(-c2ccc3[nH]ncc3c2)[nH]1. The molecule has 0 bridgehead atoms. The van der Waals surface area contributed by atoms with E-state index in [4.69, 9.17) is 16.6 Å². The minimum absolute atomic E-state index is 0.708. The Morgan fingerprint density at radius 2 is 2.00 bits per heavy atom. The van der Waals surface area contributed by atoms with Crippen molar-refractivity contribution in [1.82, 2.24) is 20.2 Å². The summed E-state index contributed by atoms with van der Waals surface area (Å²) >= 11 is 6.15. The Morgan fingerprint density at radius 1 is 1.09 bits per heavy atom. The Balaban J connectivity index is 1.91. The van der Waals surface area contributed by atoms with Gasteiger partial charge in [0.15, 0.2) is 0 Å². The number of nitrogens with one attached hydrogen (secondary N) is 2. The molecule has 0 atom stereocenters. The molecule has 2 aromatic carbocycles. The van der Waals surface area contributed by atoms with Gasteiger partial charge in [-0.3, -0.25) is 5.10 Å². The van der Waals surface area contributed by atoms with Crippen molar-refractivity contribution in [3.05, 3.63) is 59.5 Å². The number of hydrogen-bond acceptors (Lipinski definition) is 2. The highest BCUT2D eigenvalue weighted by molar-refractivity contribution is 6.30. The maximum atomic E-state index is 6.15. The number of fused-ring (bicyclic) bond motifs is 1. The van der Waals surface area contributed by atoms with Crippen LogP contribution >= 0.6 is 11.6 Å². The van der Waals surface area contributed by atoms with Gasteiger partial charge >= 0.3 is 0 Å². The third-order valence-electron chi connectivity index (χ3n) is 3.91. The molecule has 4 rings (SSSR count). The van der Waals surface area contributed by atoms with Crippen molar-refractivity contribution in [3.8, 4) is 22.5 Å². The summed E-state index contributed by atoms with van der Waals surface area (Å²) in [6, 6.07) is 14.0. The van der Waals surface area contributed by atoms with Crippen molar-refractivity contribution in [2.24, 2.45) is 0 Å². The second-order valence-corrected chi connectivity index (χ2v) is 5.88. The second kappa shape index (κ2) is 5.56. The van der Waals surface area contributed by atoms with Crippen molar-refractivity contribution in [2.75, 3.05) is 0 Å². The first kappa shape index (κ1) is 14.0. The summed E-state index contributed by atoms with van der Waals surface area (Å²) in [6.45, 7) is 2.09. The summed E-state index contributed by atoms with van der Waals surface area (Å²) in [5.74, 6) is 0.960. The predicted molar refractivity (Wildman–Crippen MR) is 93.5 cm³/mol.